The molecule has 1 aromatic carbocycles. The van der Waals surface area contributed by atoms with Crippen LogP contribution in [0.25, 0.3) is 0 Å². The summed E-state index contributed by atoms with van der Waals surface area (Å²) < 4.78 is 19.1. The predicted octanol–water partition coefficient (Wildman–Crippen LogP) is 2.63. The molecule has 3 nitrogen and oxygen atoms in total. The van der Waals surface area contributed by atoms with E-state index in [0.717, 1.165) is 38.1 Å². The lowest BCUT2D eigenvalue weighted by Gasteiger charge is -2.37. The van der Waals surface area contributed by atoms with Gasteiger partial charge in [-0.3, -0.25) is 4.90 Å². The van der Waals surface area contributed by atoms with Gasteiger partial charge in [0.2, 0.25) is 0 Å². The molecule has 1 heterocycles. The fraction of sp³-hybridized carbons (Fsp3) is 0.625. The molecule has 20 heavy (non-hydrogen) atoms. The fourth-order valence-corrected chi connectivity index (χ4v) is 2.96. The largest absolute Gasteiger partial charge is 0.378 e. The third-order valence-corrected chi connectivity index (χ3v) is 4.11. The standard InChI is InChI=1S/C16H25FN2O/c1-3-20-14-6-8-19(9-7-14)16(11-18)13-4-5-15(17)12(2)10-13/h4-5,10,14,16H,3,6-9,11,18H2,1-2H3. The van der Waals surface area contributed by atoms with Crippen LogP contribution in [-0.4, -0.2) is 37.2 Å². The minimum Gasteiger partial charge on any atom is -0.378 e. The summed E-state index contributed by atoms with van der Waals surface area (Å²) in [5, 5.41) is 0. The molecular weight excluding hydrogens is 255 g/mol. The van der Waals surface area contributed by atoms with Gasteiger partial charge in [-0.2, -0.15) is 0 Å². The van der Waals surface area contributed by atoms with Crippen molar-refractivity contribution in [1.82, 2.24) is 4.90 Å². The van der Waals surface area contributed by atoms with Crippen molar-refractivity contribution in [1.29, 1.82) is 0 Å². The first-order valence-electron chi connectivity index (χ1n) is 7.47. The molecule has 1 saturated heterocycles. The van der Waals surface area contributed by atoms with E-state index in [-0.39, 0.29) is 11.9 Å². The second-order valence-corrected chi connectivity index (χ2v) is 5.45. The fourth-order valence-electron chi connectivity index (χ4n) is 2.96. The van der Waals surface area contributed by atoms with E-state index >= 15 is 0 Å². The molecule has 2 rings (SSSR count). The van der Waals surface area contributed by atoms with Gasteiger partial charge < -0.3 is 10.5 Å². The van der Waals surface area contributed by atoms with Crippen molar-refractivity contribution >= 4 is 0 Å². The molecule has 1 atom stereocenters. The number of nitrogens with zero attached hydrogens (tertiary/aromatic N) is 1. The Kier molecular flexibility index (Phi) is 5.52. The Balaban J connectivity index is 2.03. The van der Waals surface area contributed by atoms with E-state index in [1.54, 1.807) is 13.0 Å². The van der Waals surface area contributed by atoms with Gasteiger partial charge in [-0.25, -0.2) is 4.39 Å². The molecule has 0 saturated carbocycles. The zero-order chi connectivity index (χ0) is 14.5. The third-order valence-electron chi connectivity index (χ3n) is 4.11. The Hall–Kier alpha value is -0.970. The maximum absolute atomic E-state index is 13.4. The number of hydrogen-bond donors (Lipinski definition) is 1. The predicted molar refractivity (Wildman–Crippen MR) is 79.2 cm³/mol. The molecule has 112 valence electrons. The Morgan fingerprint density at radius 2 is 2.10 bits per heavy atom. The summed E-state index contributed by atoms with van der Waals surface area (Å²) in [6.07, 6.45) is 2.47. The number of piperidine rings is 1. The minimum absolute atomic E-state index is 0.153. The molecule has 1 aliphatic rings. The second kappa shape index (κ2) is 7.16. The third kappa shape index (κ3) is 3.57. The first-order chi connectivity index (χ1) is 9.65. The highest BCUT2D eigenvalue weighted by atomic mass is 19.1. The van der Waals surface area contributed by atoms with Gasteiger partial charge in [0, 0.05) is 32.3 Å². The molecule has 1 aliphatic heterocycles. The SMILES string of the molecule is CCOC1CCN(C(CN)c2ccc(F)c(C)c2)CC1. The van der Waals surface area contributed by atoms with E-state index in [2.05, 4.69) is 4.90 Å². The lowest BCUT2D eigenvalue weighted by molar-refractivity contribution is 0.00451. The molecule has 4 heteroatoms. The van der Waals surface area contributed by atoms with Crippen LogP contribution >= 0.6 is 0 Å². The van der Waals surface area contributed by atoms with Crippen LogP contribution in [-0.2, 0) is 4.74 Å². The van der Waals surface area contributed by atoms with Gasteiger partial charge in [0.25, 0.3) is 0 Å². The summed E-state index contributed by atoms with van der Waals surface area (Å²) in [7, 11) is 0. The molecule has 2 N–H and O–H groups in total. The van der Waals surface area contributed by atoms with Crippen molar-refractivity contribution in [2.75, 3.05) is 26.2 Å². The topological polar surface area (TPSA) is 38.5 Å². The maximum atomic E-state index is 13.4. The second-order valence-electron chi connectivity index (χ2n) is 5.45. The van der Waals surface area contributed by atoms with Gasteiger partial charge >= 0.3 is 0 Å². The summed E-state index contributed by atoms with van der Waals surface area (Å²) in [5.41, 5.74) is 7.75. The van der Waals surface area contributed by atoms with Gasteiger partial charge in [0.15, 0.2) is 0 Å². The molecular formula is C16H25FN2O. The first-order valence-corrected chi connectivity index (χ1v) is 7.47. The van der Waals surface area contributed by atoms with Crippen molar-refractivity contribution in [3.05, 3.63) is 35.1 Å². The number of ether oxygens (including phenoxy) is 1. The molecule has 0 bridgehead atoms. The summed E-state index contributed by atoms with van der Waals surface area (Å²) >= 11 is 0. The van der Waals surface area contributed by atoms with Crippen LogP contribution in [0.3, 0.4) is 0 Å². The average molecular weight is 280 g/mol. The van der Waals surface area contributed by atoms with Crippen LogP contribution in [0.4, 0.5) is 4.39 Å². The highest BCUT2D eigenvalue weighted by molar-refractivity contribution is 5.27. The van der Waals surface area contributed by atoms with Gasteiger partial charge in [0.1, 0.15) is 5.82 Å². The Morgan fingerprint density at radius 3 is 2.65 bits per heavy atom. The van der Waals surface area contributed by atoms with Crippen molar-refractivity contribution in [2.24, 2.45) is 5.73 Å². The summed E-state index contributed by atoms with van der Waals surface area (Å²) in [5.74, 6) is -0.153. The summed E-state index contributed by atoms with van der Waals surface area (Å²) in [6.45, 7) is 7.16. The van der Waals surface area contributed by atoms with E-state index < -0.39 is 0 Å². The van der Waals surface area contributed by atoms with Gasteiger partial charge in [0.05, 0.1) is 6.10 Å². The summed E-state index contributed by atoms with van der Waals surface area (Å²) in [4.78, 5) is 2.39. The monoisotopic (exact) mass is 280 g/mol. The Morgan fingerprint density at radius 1 is 1.40 bits per heavy atom. The van der Waals surface area contributed by atoms with Gasteiger partial charge in [-0.05, 0) is 43.9 Å². The van der Waals surface area contributed by atoms with E-state index in [0.29, 0.717) is 18.2 Å². The number of hydrogen-bond acceptors (Lipinski definition) is 3. The van der Waals surface area contributed by atoms with Crippen LogP contribution in [0, 0.1) is 12.7 Å². The number of nitrogens with two attached hydrogens (primary N) is 1. The molecule has 1 fully saturated rings. The number of aryl methyl sites for hydroxylation is 1. The highest BCUT2D eigenvalue weighted by Crippen LogP contribution is 2.26. The normalized spacial score (nSPS) is 19.2. The quantitative estimate of drug-likeness (QED) is 0.901. The minimum atomic E-state index is -0.153. The number of rotatable bonds is 5. The zero-order valence-electron chi connectivity index (χ0n) is 12.4. The number of halogens is 1. The molecule has 0 aliphatic carbocycles. The number of likely N-dealkylation sites (tertiary alicyclic amines) is 1. The lowest BCUT2D eigenvalue weighted by atomic mass is 9.99. The highest BCUT2D eigenvalue weighted by Gasteiger charge is 2.25. The Labute approximate surface area is 120 Å². The van der Waals surface area contributed by atoms with Crippen molar-refractivity contribution in [3.63, 3.8) is 0 Å². The maximum Gasteiger partial charge on any atom is 0.126 e. The van der Waals surface area contributed by atoms with Gasteiger partial charge in [-0.15, -0.1) is 0 Å². The average Bonchev–Trinajstić information content (AvgIpc) is 2.46. The van der Waals surface area contributed by atoms with E-state index in [1.807, 2.05) is 19.1 Å². The van der Waals surface area contributed by atoms with Gasteiger partial charge in [-0.1, -0.05) is 12.1 Å². The van der Waals surface area contributed by atoms with Crippen molar-refractivity contribution in [3.8, 4) is 0 Å². The van der Waals surface area contributed by atoms with Crippen LogP contribution in [0.5, 0.6) is 0 Å². The number of benzene rings is 1. The lowest BCUT2D eigenvalue weighted by Crippen LogP contribution is -2.41. The van der Waals surface area contributed by atoms with Crippen LogP contribution < -0.4 is 5.73 Å². The van der Waals surface area contributed by atoms with Crippen molar-refractivity contribution < 1.29 is 9.13 Å². The Bertz CT molecular complexity index is 430. The van der Waals surface area contributed by atoms with E-state index in [9.17, 15) is 4.39 Å². The molecule has 0 spiro atoms. The zero-order valence-corrected chi connectivity index (χ0v) is 12.4. The first kappa shape index (κ1) is 15.4. The smallest absolute Gasteiger partial charge is 0.126 e. The van der Waals surface area contributed by atoms with E-state index in [1.165, 1.54) is 0 Å². The van der Waals surface area contributed by atoms with Crippen LogP contribution in [0.15, 0.2) is 18.2 Å². The molecule has 1 unspecified atom stereocenters. The summed E-state index contributed by atoms with van der Waals surface area (Å²) in [6, 6.07) is 5.49. The molecule has 0 radical (unpaired) electrons. The van der Waals surface area contributed by atoms with E-state index in [4.69, 9.17) is 10.5 Å². The molecule has 0 amide bonds. The van der Waals surface area contributed by atoms with Crippen LogP contribution in [0.2, 0.25) is 0 Å². The van der Waals surface area contributed by atoms with Crippen molar-refractivity contribution in [2.45, 2.75) is 38.8 Å². The molecule has 1 aromatic rings. The van der Waals surface area contributed by atoms with Crippen LogP contribution in [0.1, 0.15) is 36.9 Å². The molecule has 0 aromatic heterocycles.